The van der Waals surface area contributed by atoms with E-state index in [2.05, 4.69) is 9.97 Å². The molecule has 2 heterocycles. The van der Waals surface area contributed by atoms with Gasteiger partial charge in [0.15, 0.2) is 0 Å². The van der Waals surface area contributed by atoms with Crippen LogP contribution in [-0.4, -0.2) is 14.9 Å². The highest BCUT2D eigenvalue weighted by Gasteiger charge is 2.14. The van der Waals surface area contributed by atoms with Gasteiger partial charge in [-0.05, 0) is 13.0 Å². The van der Waals surface area contributed by atoms with Crippen molar-refractivity contribution in [2.45, 2.75) is 6.92 Å². The Balaban J connectivity index is 2.51. The second kappa shape index (κ2) is 3.61. The summed E-state index contributed by atoms with van der Waals surface area (Å²) in [5, 5.41) is 11.4. The predicted molar refractivity (Wildman–Crippen MR) is 69.1 cm³/mol. The van der Waals surface area contributed by atoms with Crippen LogP contribution in [-0.2, 0) is 0 Å². The molecule has 3 aromatic rings. The topological polar surface area (TPSA) is 88.9 Å². The number of benzene rings is 1. The van der Waals surface area contributed by atoms with Gasteiger partial charge in [0.1, 0.15) is 10.5 Å². The molecule has 0 unspecified atom stereocenters. The summed E-state index contributed by atoms with van der Waals surface area (Å²) < 4.78 is 1.32. The van der Waals surface area contributed by atoms with Crippen molar-refractivity contribution >= 4 is 37.3 Å². The van der Waals surface area contributed by atoms with Crippen LogP contribution in [0.2, 0.25) is 0 Å². The number of non-ortho nitro benzene ring substituents is 1. The third-order valence-corrected chi connectivity index (χ3v) is 3.80. The Hall–Kier alpha value is -2.28. The zero-order valence-corrected chi connectivity index (χ0v) is 10.1. The van der Waals surface area contributed by atoms with Crippen LogP contribution < -0.4 is 5.56 Å². The molecule has 0 radical (unpaired) electrons. The molecule has 2 aromatic heterocycles. The van der Waals surface area contributed by atoms with Gasteiger partial charge >= 0.3 is 0 Å². The fourth-order valence-corrected chi connectivity index (χ4v) is 2.89. The molecule has 0 saturated carbocycles. The number of nitro groups is 1. The Morgan fingerprint density at radius 3 is 2.94 bits per heavy atom. The number of nitrogens with one attached hydrogen (secondary N) is 1. The largest absolute Gasteiger partial charge is 0.310 e. The maximum Gasteiger partial charge on any atom is 0.270 e. The van der Waals surface area contributed by atoms with E-state index in [1.54, 1.807) is 13.0 Å². The van der Waals surface area contributed by atoms with E-state index in [4.69, 9.17) is 0 Å². The summed E-state index contributed by atoms with van der Waals surface area (Å²) in [5.41, 5.74) is 0.322. The molecule has 3 rings (SSSR count). The Kier molecular flexibility index (Phi) is 2.17. The fraction of sp³-hybridized carbons (Fsp3) is 0.0909. The van der Waals surface area contributed by atoms with Gasteiger partial charge in [0, 0.05) is 22.2 Å². The molecule has 0 saturated heterocycles. The summed E-state index contributed by atoms with van der Waals surface area (Å²) in [7, 11) is 0. The lowest BCUT2D eigenvalue weighted by Crippen LogP contribution is -2.07. The van der Waals surface area contributed by atoms with Crippen LogP contribution in [0.15, 0.2) is 23.0 Å². The number of H-pyrrole nitrogens is 1. The highest BCUT2D eigenvalue weighted by molar-refractivity contribution is 7.25. The summed E-state index contributed by atoms with van der Waals surface area (Å²) in [6.07, 6.45) is 0. The van der Waals surface area contributed by atoms with Gasteiger partial charge in [-0.1, -0.05) is 0 Å². The number of aryl methyl sites for hydroxylation is 1. The number of nitrogens with zero attached hydrogens (tertiary/aromatic N) is 2. The Labute approximate surface area is 104 Å². The number of nitro benzene ring substituents is 1. The average molecular weight is 261 g/mol. The normalized spacial score (nSPS) is 11.2. The summed E-state index contributed by atoms with van der Waals surface area (Å²) in [6, 6.07) is 4.54. The maximum atomic E-state index is 11.8. The maximum absolute atomic E-state index is 11.8. The van der Waals surface area contributed by atoms with Crippen LogP contribution in [0.1, 0.15) is 5.82 Å². The fourth-order valence-electron chi connectivity index (χ4n) is 1.87. The number of fused-ring (bicyclic) bond motifs is 3. The summed E-state index contributed by atoms with van der Waals surface area (Å²) in [6.45, 7) is 1.68. The first-order chi connectivity index (χ1) is 8.56. The van der Waals surface area contributed by atoms with E-state index >= 15 is 0 Å². The molecule has 0 aliphatic carbocycles. The lowest BCUT2D eigenvalue weighted by molar-refractivity contribution is -0.384. The first kappa shape index (κ1) is 10.8. The van der Waals surface area contributed by atoms with Crippen LogP contribution in [0.3, 0.4) is 0 Å². The van der Waals surface area contributed by atoms with Crippen molar-refractivity contribution in [2.75, 3.05) is 0 Å². The molecule has 0 aliphatic heterocycles. The van der Waals surface area contributed by atoms with Crippen molar-refractivity contribution in [3.63, 3.8) is 0 Å². The van der Waals surface area contributed by atoms with Gasteiger partial charge in [-0.15, -0.1) is 11.3 Å². The molecule has 0 atom stereocenters. The monoisotopic (exact) mass is 261 g/mol. The Morgan fingerprint density at radius 2 is 2.22 bits per heavy atom. The van der Waals surface area contributed by atoms with Gasteiger partial charge < -0.3 is 4.98 Å². The molecule has 1 aromatic carbocycles. The molecular weight excluding hydrogens is 254 g/mol. The zero-order chi connectivity index (χ0) is 12.9. The lowest BCUT2D eigenvalue weighted by atomic mass is 10.2. The molecule has 18 heavy (non-hydrogen) atoms. The Morgan fingerprint density at radius 1 is 1.44 bits per heavy atom. The minimum Gasteiger partial charge on any atom is -0.310 e. The minimum atomic E-state index is -0.455. The Bertz CT molecular complexity index is 850. The molecule has 0 aliphatic rings. The third-order valence-electron chi connectivity index (χ3n) is 2.64. The average Bonchev–Trinajstić information content (AvgIpc) is 2.67. The predicted octanol–water partition coefficient (Wildman–Crippen LogP) is 2.35. The van der Waals surface area contributed by atoms with E-state index in [-0.39, 0.29) is 11.2 Å². The molecule has 0 spiro atoms. The van der Waals surface area contributed by atoms with Crippen molar-refractivity contribution in [1.29, 1.82) is 0 Å². The van der Waals surface area contributed by atoms with Crippen molar-refractivity contribution in [3.05, 3.63) is 44.5 Å². The quantitative estimate of drug-likeness (QED) is 0.538. The zero-order valence-electron chi connectivity index (χ0n) is 9.26. The highest BCUT2D eigenvalue weighted by Crippen LogP contribution is 2.32. The van der Waals surface area contributed by atoms with Gasteiger partial charge in [-0.25, -0.2) is 4.98 Å². The number of aromatic amines is 1. The van der Waals surface area contributed by atoms with E-state index in [0.29, 0.717) is 21.4 Å². The van der Waals surface area contributed by atoms with Crippen molar-refractivity contribution in [3.8, 4) is 0 Å². The van der Waals surface area contributed by atoms with Gasteiger partial charge in [0.2, 0.25) is 0 Å². The molecule has 0 amide bonds. The lowest BCUT2D eigenvalue weighted by Gasteiger charge is -1.94. The summed E-state index contributed by atoms with van der Waals surface area (Å²) in [5.74, 6) is 0.499. The first-order valence-electron chi connectivity index (χ1n) is 5.14. The third kappa shape index (κ3) is 1.48. The van der Waals surface area contributed by atoms with E-state index in [0.717, 1.165) is 4.70 Å². The van der Waals surface area contributed by atoms with Gasteiger partial charge in [0.05, 0.1) is 10.4 Å². The number of thiophene rings is 1. The molecule has 90 valence electrons. The van der Waals surface area contributed by atoms with Crippen molar-refractivity contribution < 1.29 is 4.92 Å². The molecule has 0 bridgehead atoms. The SMILES string of the molecule is Cc1nc2c(sc3ccc([N+](=O)[O-])cc32)c(=O)[nH]1. The smallest absolute Gasteiger partial charge is 0.270 e. The van der Waals surface area contributed by atoms with E-state index in [9.17, 15) is 14.9 Å². The highest BCUT2D eigenvalue weighted by atomic mass is 32.1. The summed E-state index contributed by atoms with van der Waals surface area (Å²) in [4.78, 5) is 28.9. The first-order valence-corrected chi connectivity index (χ1v) is 5.95. The molecule has 1 N–H and O–H groups in total. The number of aromatic nitrogens is 2. The van der Waals surface area contributed by atoms with Crippen molar-refractivity contribution in [2.24, 2.45) is 0 Å². The van der Waals surface area contributed by atoms with Crippen LogP contribution in [0.25, 0.3) is 20.3 Å². The minimum absolute atomic E-state index is 0.00179. The standard InChI is InChI=1S/C11H7N3O3S/c1-5-12-9-7-4-6(14(16)17)2-3-8(7)18-10(9)11(15)13-5/h2-4H,1H3,(H,12,13,15). The van der Waals surface area contributed by atoms with Crippen LogP contribution in [0.4, 0.5) is 5.69 Å². The molecule has 0 fully saturated rings. The van der Waals surface area contributed by atoms with Crippen molar-refractivity contribution in [1.82, 2.24) is 9.97 Å². The molecule has 6 nitrogen and oxygen atoms in total. The van der Waals surface area contributed by atoms with Gasteiger partial charge in [0.25, 0.3) is 11.2 Å². The van der Waals surface area contributed by atoms with E-state index in [1.807, 2.05) is 0 Å². The van der Waals surface area contributed by atoms with E-state index in [1.165, 1.54) is 23.5 Å². The number of hydrogen-bond acceptors (Lipinski definition) is 5. The van der Waals surface area contributed by atoms with Crippen LogP contribution in [0.5, 0.6) is 0 Å². The van der Waals surface area contributed by atoms with Crippen LogP contribution >= 0.6 is 11.3 Å². The molecule has 7 heteroatoms. The second-order valence-corrected chi connectivity index (χ2v) is 4.92. The summed E-state index contributed by atoms with van der Waals surface area (Å²) >= 11 is 1.29. The van der Waals surface area contributed by atoms with Gasteiger partial charge in [-0.3, -0.25) is 14.9 Å². The van der Waals surface area contributed by atoms with Crippen LogP contribution in [0, 0.1) is 17.0 Å². The van der Waals surface area contributed by atoms with E-state index < -0.39 is 4.92 Å². The number of rotatable bonds is 1. The number of hydrogen-bond donors (Lipinski definition) is 1. The van der Waals surface area contributed by atoms with Gasteiger partial charge in [-0.2, -0.15) is 0 Å². The second-order valence-electron chi connectivity index (χ2n) is 3.87. The molecular formula is C11H7N3O3S.